The summed E-state index contributed by atoms with van der Waals surface area (Å²) in [4.78, 5) is 0. The van der Waals surface area contributed by atoms with E-state index in [1.807, 2.05) is 0 Å². The fourth-order valence-corrected chi connectivity index (χ4v) is 3.44. The highest BCUT2D eigenvalue weighted by Crippen LogP contribution is 2.39. The average molecular weight is 324 g/mol. The van der Waals surface area contributed by atoms with Crippen LogP contribution >= 0.6 is 15.9 Å². The molecule has 0 unspecified atom stereocenters. The Bertz CT molecular complexity index is 377. The highest BCUT2D eigenvalue weighted by Gasteiger charge is 2.31. The first-order valence-corrected chi connectivity index (χ1v) is 8.37. The van der Waals surface area contributed by atoms with E-state index in [1.165, 1.54) is 55.1 Å². The molecule has 2 heteroatoms. The van der Waals surface area contributed by atoms with E-state index in [9.17, 15) is 0 Å². The zero-order chi connectivity index (χ0) is 13.7. The van der Waals surface area contributed by atoms with Crippen LogP contribution in [-0.2, 0) is 6.42 Å². The molecular weight excluding hydrogens is 298 g/mol. The molecule has 0 aromatic heterocycles. The number of hydrogen-bond donors (Lipinski definition) is 1. The summed E-state index contributed by atoms with van der Waals surface area (Å²) in [7, 11) is 0. The second kappa shape index (κ2) is 6.90. The van der Waals surface area contributed by atoms with E-state index in [-0.39, 0.29) is 0 Å². The lowest BCUT2D eigenvalue weighted by Crippen LogP contribution is -2.40. The molecule has 0 bridgehead atoms. The van der Waals surface area contributed by atoms with Gasteiger partial charge in [0.2, 0.25) is 0 Å². The molecule has 1 aliphatic rings. The summed E-state index contributed by atoms with van der Waals surface area (Å²) in [5, 5.41) is 3.68. The van der Waals surface area contributed by atoms with Crippen molar-refractivity contribution >= 4 is 15.9 Å². The van der Waals surface area contributed by atoms with Crippen LogP contribution in [0.1, 0.15) is 51.5 Å². The molecule has 0 aliphatic heterocycles. The van der Waals surface area contributed by atoms with E-state index in [0.29, 0.717) is 11.5 Å². The SMILES string of the molecule is CC(C)NCC1(Cc2ccc(Br)cc2)CCCCC1. The summed E-state index contributed by atoms with van der Waals surface area (Å²) < 4.78 is 1.18. The molecule has 1 nitrogen and oxygen atoms in total. The number of benzene rings is 1. The largest absolute Gasteiger partial charge is 0.314 e. The smallest absolute Gasteiger partial charge is 0.0175 e. The normalized spacial score (nSPS) is 18.7. The van der Waals surface area contributed by atoms with Gasteiger partial charge in [0.05, 0.1) is 0 Å². The first kappa shape index (κ1) is 15.1. The van der Waals surface area contributed by atoms with E-state index < -0.39 is 0 Å². The topological polar surface area (TPSA) is 12.0 Å². The van der Waals surface area contributed by atoms with Gasteiger partial charge in [0.1, 0.15) is 0 Å². The number of nitrogens with one attached hydrogen (secondary N) is 1. The lowest BCUT2D eigenvalue weighted by Gasteiger charge is -2.38. The molecule has 0 radical (unpaired) electrons. The molecule has 1 aliphatic carbocycles. The Kier molecular flexibility index (Phi) is 5.47. The zero-order valence-electron chi connectivity index (χ0n) is 12.2. The Labute approximate surface area is 126 Å². The Balaban J connectivity index is 2.06. The van der Waals surface area contributed by atoms with Crippen LogP contribution in [0.4, 0.5) is 0 Å². The van der Waals surface area contributed by atoms with Gasteiger partial charge in [-0.2, -0.15) is 0 Å². The molecule has 1 aromatic carbocycles. The molecule has 19 heavy (non-hydrogen) atoms. The first-order chi connectivity index (χ1) is 9.10. The quantitative estimate of drug-likeness (QED) is 0.809. The van der Waals surface area contributed by atoms with Crippen LogP contribution in [0.25, 0.3) is 0 Å². The van der Waals surface area contributed by atoms with Crippen molar-refractivity contribution in [2.75, 3.05) is 6.54 Å². The molecule has 0 amide bonds. The van der Waals surface area contributed by atoms with Crippen molar-refractivity contribution in [1.82, 2.24) is 5.32 Å². The maximum atomic E-state index is 3.68. The second-order valence-corrected chi connectivity index (χ2v) is 7.32. The molecule has 0 atom stereocenters. The maximum Gasteiger partial charge on any atom is 0.0175 e. The van der Waals surface area contributed by atoms with Gasteiger partial charge >= 0.3 is 0 Å². The average Bonchev–Trinajstić information content (AvgIpc) is 2.41. The predicted octanol–water partition coefficient (Wildman–Crippen LogP) is 4.94. The van der Waals surface area contributed by atoms with Crippen molar-refractivity contribution in [1.29, 1.82) is 0 Å². The van der Waals surface area contributed by atoms with Gasteiger partial charge < -0.3 is 5.32 Å². The van der Waals surface area contributed by atoms with E-state index in [2.05, 4.69) is 59.4 Å². The van der Waals surface area contributed by atoms with Crippen LogP contribution in [0.15, 0.2) is 28.7 Å². The number of halogens is 1. The van der Waals surface area contributed by atoms with E-state index in [4.69, 9.17) is 0 Å². The molecule has 2 rings (SSSR count). The molecule has 0 saturated heterocycles. The van der Waals surface area contributed by atoms with E-state index >= 15 is 0 Å². The molecule has 1 aromatic rings. The fraction of sp³-hybridized carbons (Fsp3) is 0.647. The molecule has 1 N–H and O–H groups in total. The van der Waals surface area contributed by atoms with Gasteiger partial charge in [-0.25, -0.2) is 0 Å². The second-order valence-electron chi connectivity index (χ2n) is 6.40. The third kappa shape index (κ3) is 4.61. The maximum absolute atomic E-state index is 3.68. The van der Waals surface area contributed by atoms with Gasteiger partial charge in [-0.1, -0.05) is 61.2 Å². The summed E-state index contributed by atoms with van der Waals surface area (Å²) in [5.41, 5.74) is 1.96. The minimum absolute atomic E-state index is 0.482. The zero-order valence-corrected chi connectivity index (χ0v) is 13.8. The highest BCUT2D eigenvalue weighted by atomic mass is 79.9. The van der Waals surface area contributed by atoms with Gasteiger partial charge in [-0.05, 0) is 42.4 Å². The third-order valence-corrected chi connectivity index (χ3v) is 4.82. The summed E-state index contributed by atoms with van der Waals surface area (Å²) in [6, 6.07) is 9.47. The number of hydrogen-bond acceptors (Lipinski definition) is 1. The van der Waals surface area contributed by atoms with Crippen molar-refractivity contribution < 1.29 is 0 Å². The van der Waals surface area contributed by atoms with Gasteiger partial charge in [-0.15, -0.1) is 0 Å². The standard InChI is InChI=1S/C17H26BrN/c1-14(2)19-13-17(10-4-3-5-11-17)12-15-6-8-16(18)9-7-15/h6-9,14,19H,3-5,10-13H2,1-2H3. The lowest BCUT2D eigenvalue weighted by atomic mass is 9.70. The van der Waals surface area contributed by atoms with Crippen molar-refractivity contribution in [3.8, 4) is 0 Å². The Morgan fingerprint density at radius 3 is 2.32 bits per heavy atom. The number of rotatable bonds is 5. The predicted molar refractivity (Wildman–Crippen MR) is 86.5 cm³/mol. The first-order valence-electron chi connectivity index (χ1n) is 7.58. The monoisotopic (exact) mass is 323 g/mol. The molecule has 1 fully saturated rings. The Hall–Kier alpha value is -0.340. The van der Waals surface area contributed by atoms with Crippen molar-refractivity contribution in [3.63, 3.8) is 0 Å². The fourth-order valence-electron chi connectivity index (χ4n) is 3.17. The summed E-state index contributed by atoms with van der Waals surface area (Å²) in [6.07, 6.45) is 8.20. The van der Waals surface area contributed by atoms with Crippen LogP contribution in [0.5, 0.6) is 0 Å². The minimum atomic E-state index is 0.482. The van der Waals surface area contributed by atoms with Gasteiger partial charge in [0.25, 0.3) is 0 Å². The van der Waals surface area contributed by atoms with E-state index in [0.717, 1.165) is 0 Å². The van der Waals surface area contributed by atoms with Gasteiger partial charge in [-0.3, -0.25) is 0 Å². The van der Waals surface area contributed by atoms with Crippen LogP contribution in [0.3, 0.4) is 0 Å². The van der Waals surface area contributed by atoms with Gasteiger partial charge in [0.15, 0.2) is 0 Å². The van der Waals surface area contributed by atoms with Crippen molar-refractivity contribution in [2.24, 2.45) is 5.41 Å². The Morgan fingerprint density at radius 2 is 1.74 bits per heavy atom. The third-order valence-electron chi connectivity index (χ3n) is 4.29. The highest BCUT2D eigenvalue weighted by molar-refractivity contribution is 9.10. The minimum Gasteiger partial charge on any atom is -0.314 e. The molecule has 0 heterocycles. The molecule has 1 saturated carbocycles. The van der Waals surface area contributed by atoms with E-state index in [1.54, 1.807) is 0 Å². The lowest BCUT2D eigenvalue weighted by molar-refractivity contribution is 0.176. The summed E-state index contributed by atoms with van der Waals surface area (Å²) in [6.45, 7) is 5.66. The van der Waals surface area contributed by atoms with Crippen LogP contribution in [0.2, 0.25) is 0 Å². The molecular formula is C17H26BrN. The van der Waals surface area contributed by atoms with Crippen LogP contribution < -0.4 is 5.32 Å². The molecule has 106 valence electrons. The molecule has 0 spiro atoms. The van der Waals surface area contributed by atoms with Crippen molar-refractivity contribution in [2.45, 2.75) is 58.4 Å². The Morgan fingerprint density at radius 1 is 1.11 bits per heavy atom. The van der Waals surface area contributed by atoms with Crippen LogP contribution in [-0.4, -0.2) is 12.6 Å². The summed E-state index contributed by atoms with van der Waals surface area (Å²) >= 11 is 3.52. The van der Waals surface area contributed by atoms with Gasteiger partial charge in [0, 0.05) is 17.1 Å². The summed E-state index contributed by atoms with van der Waals surface area (Å²) in [5.74, 6) is 0. The van der Waals surface area contributed by atoms with Crippen molar-refractivity contribution in [3.05, 3.63) is 34.3 Å². The van der Waals surface area contributed by atoms with Crippen LogP contribution in [0, 0.1) is 5.41 Å².